The molecule has 3 N–H and O–H groups in total. The first-order valence-electron chi connectivity index (χ1n) is 9.30. The molecule has 1 heterocycles. The van der Waals surface area contributed by atoms with E-state index in [1.807, 2.05) is 6.92 Å². The Morgan fingerprint density at radius 1 is 1.17 bits per heavy atom. The van der Waals surface area contributed by atoms with Gasteiger partial charge in [0.05, 0.1) is 17.8 Å². The van der Waals surface area contributed by atoms with Crippen LogP contribution in [0.1, 0.15) is 60.3 Å². The molecule has 0 unspecified atom stereocenters. The second-order valence-corrected chi connectivity index (χ2v) is 9.77. The summed E-state index contributed by atoms with van der Waals surface area (Å²) in [5, 5.41) is 32.6. The summed E-state index contributed by atoms with van der Waals surface area (Å²) in [4.78, 5) is 0. The summed E-state index contributed by atoms with van der Waals surface area (Å²) in [5.74, 6) is 0.132. The zero-order chi connectivity index (χ0) is 18.1. The lowest BCUT2D eigenvalue weighted by atomic mass is 9.44. The third kappa shape index (κ3) is 2.26. The first kappa shape index (κ1) is 18.4. The van der Waals surface area contributed by atoms with Crippen molar-refractivity contribution in [1.82, 2.24) is 0 Å². The number of aliphatic hydroxyl groups excluding tert-OH is 2. The topological polar surface area (TPSA) is 69.9 Å². The molecule has 0 spiro atoms. The van der Waals surface area contributed by atoms with Crippen LogP contribution in [0.4, 0.5) is 0 Å². The van der Waals surface area contributed by atoms with Crippen molar-refractivity contribution in [3.63, 3.8) is 0 Å². The molecular formula is C20H34O4. The molecule has 0 bridgehead atoms. The highest BCUT2D eigenvalue weighted by molar-refractivity contribution is 5.19. The number of ether oxygens (including phenoxy) is 1. The van der Waals surface area contributed by atoms with E-state index in [0.717, 1.165) is 19.3 Å². The van der Waals surface area contributed by atoms with Crippen molar-refractivity contribution < 1.29 is 20.1 Å². The van der Waals surface area contributed by atoms with Crippen molar-refractivity contribution >= 4 is 0 Å². The SMILES string of the molecule is C=C[C@@](C)(O)[C@H]1C[C@@H]2[C@]3(C)CCCC(C)(C)[C@H]3[C@H](O)[C@H](O)[C@@]2(C)O1. The molecule has 0 aromatic carbocycles. The van der Waals surface area contributed by atoms with Gasteiger partial charge in [0.1, 0.15) is 11.7 Å². The molecule has 4 nitrogen and oxygen atoms in total. The lowest BCUT2D eigenvalue weighted by molar-refractivity contribution is -0.262. The molecule has 0 aromatic heterocycles. The Morgan fingerprint density at radius 3 is 2.38 bits per heavy atom. The highest BCUT2D eigenvalue weighted by Crippen LogP contribution is 2.66. The summed E-state index contributed by atoms with van der Waals surface area (Å²) in [7, 11) is 0. The van der Waals surface area contributed by atoms with Gasteiger partial charge in [0.15, 0.2) is 0 Å². The Labute approximate surface area is 145 Å². The molecular weight excluding hydrogens is 304 g/mol. The van der Waals surface area contributed by atoms with Gasteiger partial charge in [0, 0.05) is 0 Å². The van der Waals surface area contributed by atoms with E-state index in [1.54, 1.807) is 6.92 Å². The third-order valence-electron chi connectivity index (χ3n) is 7.74. The molecule has 1 aliphatic heterocycles. The van der Waals surface area contributed by atoms with Gasteiger partial charge < -0.3 is 20.1 Å². The van der Waals surface area contributed by atoms with Gasteiger partial charge in [0.25, 0.3) is 0 Å². The lowest BCUT2D eigenvalue weighted by Crippen LogP contribution is -2.68. The predicted octanol–water partition coefficient (Wildman–Crippen LogP) is 2.66. The highest BCUT2D eigenvalue weighted by Gasteiger charge is 2.69. The molecule has 2 saturated carbocycles. The second kappa shape index (κ2) is 5.29. The Kier molecular flexibility index (Phi) is 4.05. The minimum absolute atomic E-state index is 0.0201. The average Bonchev–Trinajstić information content (AvgIpc) is 2.85. The van der Waals surface area contributed by atoms with Gasteiger partial charge in [-0.25, -0.2) is 0 Å². The van der Waals surface area contributed by atoms with Gasteiger partial charge in [0.2, 0.25) is 0 Å². The fourth-order valence-corrected chi connectivity index (χ4v) is 6.47. The fourth-order valence-electron chi connectivity index (χ4n) is 6.47. The van der Waals surface area contributed by atoms with Crippen molar-refractivity contribution in [3.05, 3.63) is 12.7 Å². The van der Waals surface area contributed by atoms with Crippen molar-refractivity contribution in [2.45, 2.75) is 89.8 Å². The molecule has 24 heavy (non-hydrogen) atoms. The molecule has 1 saturated heterocycles. The van der Waals surface area contributed by atoms with E-state index in [9.17, 15) is 15.3 Å². The molecule has 3 rings (SSSR count). The highest BCUT2D eigenvalue weighted by atomic mass is 16.5. The Bertz CT molecular complexity index is 528. The van der Waals surface area contributed by atoms with E-state index in [0.29, 0.717) is 6.42 Å². The van der Waals surface area contributed by atoms with Crippen LogP contribution in [0, 0.1) is 22.7 Å². The largest absolute Gasteiger partial charge is 0.390 e. The fraction of sp³-hybridized carbons (Fsp3) is 0.900. The smallest absolute Gasteiger partial charge is 0.109 e. The Balaban J connectivity index is 2.06. The molecule has 0 radical (unpaired) electrons. The Hall–Kier alpha value is -0.420. The molecule has 3 fully saturated rings. The van der Waals surface area contributed by atoms with Crippen molar-refractivity contribution in [3.8, 4) is 0 Å². The Morgan fingerprint density at radius 2 is 1.79 bits per heavy atom. The van der Waals surface area contributed by atoms with Crippen molar-refractivity contribution in [2.75, 3.05) is 0 Å². The number of fused-ring (bicyclic) bond motifs is 3. The molecule has 4 heteroatoms. The zero-order valence-corrected chi connectivity index (χ0v) is 15.7. The van der Waals surface area contributed by atoms with Crippen LogP contribution in [-0.4, -0.2) is 44.8 Å². The van der Waals surface area contributed by atoms with Crippen LogP contribution in [0.2, 0.25) is 0 Å². The van der Waals surface area contributed by atoms with Gasteiger partial charge in [-0.1, -0.05) is 33.3 Å². The molecule has 3 aliphatic rings. The van der Waals surface area contributed by atoms with E-state index >= 15 is 0 Å². The van der Waals surface area contributed by atoms with Crippen molar-refractivity contribution in [1.29, 1.82) is 0 Å². The van der Waals surface area contributed by atoms with Crippen LogP contribution < -0.4 is 0 Å². The van der Waals surface area contributed by atoms with Crippen LogP contribution in [0.15, 0.2) is 12.7 Å². The molecule has 2 aliphatic carbocycles. The third-order valence-corrected chi connectivity index (χ3v) is 7.74. The van der Waals surface area contributed by atoms with Crippen LogP contribution >= 0.6 is 0 Å². The van der Waals surface area contributed by atoms with Gasteiger partial charge in [-0.2, -0.15) is 0 Å². The summed E-state index contributed by atoms with van der Waals surface area (Å²) in [5.41, 5.74) is -2.11. The van der Waals surface area contributed by atoms with Gasteiger partial charge in [-0.3, -0.25) is 0 Å². The maximum atomic E-state index is 11.0. The van der Waals surface area contributed by atoms with Crippen LogP contribution in [0.3, 0.4) is 0 Å². The standard InChI is InChI=1S/C20H34O4/c1-7-19(5,23)13-11-12-18(4)10-8-9-17(2,3)15(18)14(21)16(22)20(12,6)24-13/h7,12-16,21-23H,1,8-11H2,2-6H3/t12-,13-,14+,15-,16+,18+,19-,20+/m1/s1. The van der Waals surface area contributed by atoms with Crippen LogP contribution in [0.5, 0.6) is 0 Å². The quantitative estimate of drug-likeness (QED) is 0.677. The summed E-state index contributed by atoms with van der Waals surface area (Å²) in [6.45, 7) is 14.0. The number of hydrogen-bond acceptors (Lipinski definition) is 4. The number of hydrogen-bond donors (Lipinski definition) is 3. The molecule has 0 aromatic rings. The van der Waals surface area contributed by atoms with E-state index in [1.165, 1.54) is 6.08 Å². The van der Waals surface area contributed by atoms with Crippen molar-refractivity contribution in [2.24, 2.45) is 22.7 Å². The van der Waals surface area contributed by atoms with Gasteiger partial charge >= 0.3 is 0 Å². The first-order chi connectivity index (χ1) is 10.9. The van der Waals surface area contributed by atoms with Gasteiger partial charge in [-0.15, -0.1) is 6.58 Å². The summed E-state index contributed by atoms with van der Waals surface area (Å²) in [6, 6.07) is 0. The predicted molar refractivity (Wildman–Crippen MR) is 93.4 cm³/mol. The number of aliphatic hydroxyl groups is 3. The zero-order valence-electron chi connectivity index (χ0n) is 15.7. The lowest BCUT2D eigenvalue weighted by Gasteiger charge is -2.63. The van der Waals surface area contributed by atoms with E-state index in [-0.39, 0.29) is 22.7 Å². The van der Waals surface area contributed by atoms with Gasteiger partial charge in [-0.05, 0) is 55.8 Å². The maximum Gasteiger partial charge on any atom is 0.109 e. The van der Waals surface area contributed by atoms with E-state index in [2.05, 4.69) is 27.4 Å². The monoisotopic (exact) mass is 338 g/mol. The minimum Gasteiger partial charge on any atom is -0.390 e. The normalized spacial score (nSPS) is 52.9. The first-order valence-corrected chi connectivity index (χ1v) is 9.30. The molecule has 8 atom stereocenters. The van der Waals surface area contributed by atoms with E-state index < -0.39 is 29.5 Å². The summed E-state index contributed by atoms with van der Waals surface area (Å²) >= 11 is 0. The number of rotatable bonds is 2. The minimum atomic E-state index is -1.14. The van der Waals surface area contributed by atoms with Crippen LogP contribution in [-0.2, 0) is 4.74 Å². The maximum absolute atomic E-state index is 11.0. The average molecular weight is 338 g/mol. The summed E-state index contributed by atoms with van der Waals surface area (Å²) in [6.07, 6.45) is 3.26. The van der Waals surface area contributed by atoms with Crippen LogP contribution in [0.25, 0.3) is 0 Å². The summed E-state index contributed by atoms with van der Waals surface area (Å²) < 4.78 is 6.24. The van der Waals surface area contributed by atoms with E-state index in [4.69, 9.17) is 4.74 Å². The molecule has 138 valence electrons. The molecule has 0 amide bonds. The second-order valence-electron chi connectivity index (χ2n) is 9.77.